The van der Waals surface area contributed by atoms with E-state index in [1.807, 2.05) is 50.2 Å². The smallest absolute Gasteiger partial charge is 0.343 e. The molecule has 2 heterocycles. The highest BCUT2D eigenvalue weighted by Crippen LogP contribution is 2.37. The van der Waals surface area contributed by atoms with Crippen LogP contribution in [0.25, 0.3) is 17.4 Å². The Morgan fingerprint density at radius 3 is 2.50 bits per heavy atom. The summed E-state index contributed by atoms with van der Waals surface area (Å²) in [6.07, 6.45) is 1.64. The Labute approximate surface area is 191 Å². The Balaban J connectivity index is 1.80. The second-order valence-corrected chi connectivity index (χ2v) is 8.06. The van der Waals surface area contributed by atoms with Crippen molar-refractivity contribution in [2.45, 2.75) is 20.8 Å². The molecule has 0 aliphatic carbocycles. The minimum atomic E-state index is -0.663. The van der Waals surface area contributed by atoms with Crippen LogP contribution in [0.2, 0.25) is 5.02 Å². The van der Waals surface area contributed by atoms with Gasteiger partial charge in [-0.1, -0.05) is 29.8 Å². The van der Waals surface area contributed by atoms with E-state index >= 15 is 0 Å². The molecular weight excluding hydrogens is 426 g/mol. The number of benzene rings is 2. The van der Waals surface area contributed by atoms with Crippen LogP contribution in [0.1, 0.15) is 23.8 Å². The van der Waals surface area contributed by atoms with Gasteiger partial charge in [-0.25, -0.2) is 4.79 Å². The minimum absolute atomic E-state index is 0.0126. The highest BCUT2D eigenvalue weighted by Gasteiger charge is 2.38. The third kappa shape index (κ3) is 3.87. The van der Waals surface area contributed by atoms with Gasteiger partial charge in [0.15, 0.2) is 0 Å². The molecule has 162 valence electrons. The van der Waals surface area contributed by atoms with Crippen molar-refractivity contribution in [1.29, 1.82) is 0 Å². The summed E-state index contributed by atoms with van der Waals surface area (Å²) in [6.45, 7) is 5.76. The summed E-state index contributed by atoms with van der Waals surface area (Å²) in [5.41, 5.74) is 4.67. The van der Waals surface area contributed by atoms with Gasteiger partial charge in [-0.15, -0.1) is 0 Å². The number of nitrogens with zero attached hydrogens (tertiary/aromatic N) is 1. The molecule has 5 nitrogen and oxygen atoms in total. The van der Waals surface area contributed by atoms with Crippen LogP contribution in [0.4, 0.5) is 5.69 Å². The monoisotopic (exact) mass is 447 g/mol. The third-order valence-electron chi connectivity index (χ3n) is 5.55. The van der Waals surface area contributed by atoms with Gasteiger partial charge in [0, 0.05) is 28.0 Å². The number of esters is 1. The molecule has 0 spiro atoms. The van der Waals surface area contributed by atoms with Crippen molar-refractivity contribution in [3.63, 3.8) is 0 Å². The fourth-order valence-electron chi connectivity index (χ4n) is 3.72. The van der Waals surface area contributed by atoms with Gasteiger partial charge >= 0.3 is 5.97 Å². The summed E-state index contributed by atoms with van der Waals surface area (Å²) < 4.78 is 10.8. The third-order valence-corrected chi connectivity index (χ3v) is 5.79. The van der Waals surface area contributed by atoms with Crippen molar-refractivity contribution < 1.29 is 18.7 Å². The highest BCUT2D eigenvalue weighted by atomic mass is 35.5. The number of aryl methyl sites for hydroxylation is 2. The SMILES string of the molecule is COC(=O)C1=C(C)N(c2ccc(C)c(C)c2)/C(=C/c2ccc(-c3cccc(Cl)c3)o2)C1=O. The number of Topliss-reactive ketones (excluding diaryl/α,β-unsaturated/α-hetero) is 1. The second-order valence-electron chi connectivity index (χ2n) is 7.63. The number of hydrogen-bond donors (Lipinski definition) is 0. The van der Waals surface area contributed by atoms with Gasteiger partial charge in [0.1, 0.15) is 17.1 Å². The number of carbonyl (C=O) groups excluding carboxylic acids is 2. The lowest BCUT2D eigenvalue weighted by molar-refractivity contribution is -0.137. The van der Waals surface area contributed by atoms with E-state index < -0.39 is 11.8 Å². The van der Waals surface area contributed by atoms with Crippen molar-refractivity contribution in [1.82, 2.24) is 0 Å². The van der Waals surface area contributed by atoms with Crippen molar-refractivity contribution in [3.05, 3.63) is 93.5 Å². The van der Waals surface area contributed by atoms with Crippen LogP contribution in [0.15, 0.2) is 76.0 Å². The number of allylic oxidation sites excluding steroid dienone is 2. The normalized spacial score (nSPS) is 15.1. The van der Waals surface area contributed by atoms with Crippen molar-refractivity contribution >= 4 is 35.1 Å². The first-order valence-electron chi connectivity index (χ1n) is 10.1. The van der Waals surface area contributed by atoms with Crippen LogP contribution >= 0.6 is 11.6 Å². The first-order chi connectivity index (χ1) is 15.3. The maximum Gasteiger partial charge on any atom is 0.343 e. The zero-order valence-electron chi connectivity index (χ0n) is 18.2. The fourth-order valence-corrected chi connectivity index (χ4v) is 3.91. The van der Waals surface area contributed by atoms with E-state index in [0.29, 0.717) is 27.9 Å². The number of halogens is 1. The van der Waals surface area contributed by atoms with Crippen LogP contribution in [0.5, 0.6) is 0 Å². The Bertz CT molecular complexity index is 1300. The topological polar surface area (TPSA) is 59.8 Å². The number of methoxy groups -OCH3 is 1. The highest BCUT2D eigenvalue weighted by molar-refractivity contribution is 6.31. The molecule has 0 amide bonds. The Hall–Kier alpha value is -3.57. The van der Waals surface area contributed by atoms with Crippen molar-refractivity contribution in [2.75, 3.05) is 12.0 Å². The average Bonchev–Trinajstić information content (AvgIpc) is 3.33. The van der Waals surface area contributed by atoms with E-state index in [1.54, 1.807) is 36.1 Å². The van der Waals surface area contributed by atoms with E-state index in [2.05, 4.69) is 0 Å². The van der Waals surface area contributed by atoms with Crippen LogP contribution < -0.4 is 4.90 Å². The molecule has 0 fully saturated rings. The van der Waals surface area contributed by atoms with Crippen molar-refractivity contribution in [2.24, 2.45) is 0 Å². The number of carbonyl (C=O) groups is 2. The number of hydrogen-bond acceptors (Lipinski definition) is 5. The molecule has 32 heavy (non-hydrogen) atoms. The van der Waals surface area contributed by atoms with Gasteiger partial charge in [-0.05, 0) is 68.3 Å². The minimum Gasteiger partial charge on any atom is -0.465 e. The molecule has 4 rings (SSSR count). The first-order valence-corrected chi connectivity index (χ1v) is 10.5. The zero-order chi connectivity index (χ0) is 23.0. The number of ether oxygens (including phenoxy) is 1. The molecule has 0 saturated carbocycles. The lowest BCUT2D eigenvalue weighted by Crippen LogP contribution is -2.18. The molecule has 3 aromatic rings. The molecule has 1 aliphatic heterocycles. The lowest BCUT2D eigenvalue weighted by Gasteiger charge is -2.22. The molecule has 1 aromatic heterocycles. The molecule has 0 saturated heterocycles. The number of furan rings is 1. The van der Waals surface area contributed by atoms with Gasteiger partial charge in [-0.3, -0.25) is 4.79 Å². The van der Waals surface area contributed by atoms with Crippen LogP contribution in [0, 0.1) is 13.8 Å². The Morgan fingerprint density at radius 1 is 1.03 bits per heavy atom. The standard InChI is InChI=1S/C26H22ClNO4/c1-15-8-9-20(12-16(15)2)28-17(3)24(26(30)31-4)25(29)22(28)14-21-10-11-23(32-21)18-6-5-7-19(27)13-18/h5-14H,1-4H3/b22-14+. The molecule has 0 unspecified atom stereocenters. The van der Waals surface area contributed by atoms with Gasteiger partial charge in [0.05, 0.1) is 12.8 Å². The van der Waals surface area contributed by atoms with E-state index in [4.69, 9.17) is 20.8 Å². The summed E-state index contributed by atoms with van der Waals surface area (Å²) in [7, 11) is 1.27. The summed E-state index contributed by atoms with van der Waals surface area (Å²) in [4.78, 5) is 27.4. The van der Waals surface area contributed by atoms with Crippen molar-refractivity contribution in [3.8, 4) is 11.3 Å². The lowest BCUT2D eigenvalue weighted by atomic mass is 10.1. The maximum atomic E-state index is 13.2. The zero-order valence-corrected chi connectivity index (χ0v) is 19.0. The predicted molar refractivity (Wildman–Crippen MR) is 125 cm³/mol. The van der Waals surface area contributed by atoms with E-state index in [0.717, 1.165) is 22.4 Å². The van der Waals surface area contributed by atoms with Gasteiger partial charge in [-0.2, -0.15) is 0 Å². The summed E-state index contributed by atoms with van der Waals surface area (Å²) in [6, 6.07) is 16.8. The van der Waals surface area contributed by atoms with E-state index in [9.17, 15) is 9.59 Å². The fraction of sp³-hybridized carbons (Fsp3) is 0.154. The maximum absolute atomic E-state index is 13.2. The molecule has 6 heteroatoms. The van der Waals surface area contributed by atoms with Gasteiger partial charge in [0.25, 0.3) is 0 Å². The Kier molecular flexibility index (Phi) is 5.76. The summed E-state index contributed by atoms with van der Waals surface area (Å²) >= 11 is 6.09. The molecule has 0 radical (unpaired) electrons. The predicted octanol–water partition coefficient (Wildman–Crippen LogP) is 6.09. The molecular formula is C26H22ClNO4. The Morgan fingerprint density at radius 2 is 1.81 bits per heavy atom. The van der Waals surface area contributed by atoms with Gasteiger partial charge < -0.3 is 14.1 Å². The average molecular weight is 448 g/mol. The van der Waals surface area contributed by atoms with E-state index in [-0.39, 0.29) is 5.57 Å². The largest absolute Gasteiger partial charge is 0.465 e. The molecule has 0 bridgehead atoms. The van der Waals surface area contributed by atoms with Crippen LogP contribution in [0.3, 0.4) is 0 Å². The van der Waals surface area contributed by atoms with Gasteiger partial charge in [0.2, 0.25) is 5.78 Å². The number of ketones is 1. The molecule has 0 atom stereocenters. The van der Waals surface area contributed by atoms with Crippen LogP contribution in [-0.4, -0.2) is 18.9 Å². The number of anilines is 1. The summed E-state index contributed by atoms with van der Waals surface area (Å²) in [5, 5.41) is 0.605. The van der Waals surface area contributed by atoms with E-state index in [1.165, 1.54) is 7.11 Å². The molecule has 2 aromatic carbocycles. The number of rotatable bonds is 4. The quantitative estimate of drug-likeness (QED) is 0.275. The summed E-state index contributed by atoms with van der Waals surface area (Å²) in [5.74, 6) is 0.0357. The first kappa shape index (κ1) is 21.7. The second kappa shape index (κ2) is 8.52. The van der Waals surface area contributed by atoms with Crippen LogP contribution in [-0.2, 0) is 14.3 Å². The molecule has 0 N–H and O–H groups in total. The molecule has 1 aliphatic rings.